The second kappa shape index (κ2) is 6.08. The van der Waals surface area contributed by atoms with Gasteiger partial charge in [-0.05, 0) is 36.5 Å². The number of rotatable bonds is 4. The average Bonchev–Trinajstić information content (AvgIpc) is 2.50. The summed E-state index contributed by atoms with van der Waals surface area (Å²) in [4.78, 5) is 0. The van der Waals surface area contributed by atoms with Crippen LogP contribution in [0.25, 0.3) is 11.1 Å². The molecule has 0 aliphatic carbocycles. The fraction of sp³-hybridized carbons (Fsp3) is 0.333. The van der Waals surface area contributed by atoms with E-state index in [-0.39, 0.29) is 17.2 Å². The number of hydrogen-bond acceptors (Lipinski definition) is 3. The number of para-hydroxylation sites is 1. The fourth-order valence-electron chi connectivity index (χ4n) is 3.01. The summed E-state index contributed by atoms with van der Waals surface area (Å²) in [5, 5.41) is 30.8. The minimum atomic E-state index is -0.0650. The molecular weight excluding hydrogens is 264 g/mol. The Balaban J connectivity index is 2.92. The van der Waals surface area contributed by atoms with Crippen molar-refractivity contribution in [3.8, 4) is 28.4 Å². The molecule has 0 fully saturated rings. The minimum Gasteiger partial charge on any atom is -0.507 e. The summed E-state index contributed by atoms with van der Waals surface area (Å²) in [5.74, 6) is 0.101. The van der Waals surface area contributed by atoms with Gasteiger partial charge in [0, 0.05) is 16.7 Å². The summed E-state index contributed by atoms with van der Waals surface area (Å²) in [6, 6.07) is 7.13. The summed E-state index contributed by atoms with van der Waals surface area (Å²) >= 11 is 0. The molecule has 0 amide bonds. The van der Waals surface area contributed by atoms with Gasteiger partial charge >= 0.3 is 0 Å². The molecule has 0 bridgehead atoms. The van der Waals surface area contributed by atoms with Gasteiger partial charge in [-0.1, -0.05) is 39.0 Å². The molecule has 21 heavy (non-hydrogen) atoms. The predicted octanol–water partition coefficient (Wildman–Crippen LogP) is 4.16. The molecule has 0 aliphatic rings. The maximum absolute atomic E-state index is 10.3. The standard InChI is InChI=1S/C18H22O3/c1-4-11-12(5-2)17(20)18(21)13(6-3)16(11)14-9-7-8-10-15(14)19/h7-10,19-21H,4-6H2,1-3H3. The number of aromatic hydroxyl groups is 3. The zero-order chi connectivity index (χ0) is 15.6. The first-order valence-electron chi connectivity index (χ1n) is 7.43. The average molecular weight is 286 g/mol. The van der Waals surface area contributed by atoms with Crippen LogP contribution in [0.2, 0.25) is 0 Å². The van der Waals surface area contributed by atoms with E-state index < -0.39 is 0 Å². The van der Waals surface area contributed by atoms with Crippen molar-refractivity contribution in [1.29, 1.82) is 0 Å². The topological polar surface area (TPSA) is 60.7 Å². The van der Waals surface area contributed by atoms with E-state index >= 15 is 0 Å². The predicted molar refractivity (Wildman–Crippen MR) is 85.0 cm³/mol. The van der Waals surface area contributed by atoms with E-state index in [1.807, 2.05) is 32.9 Å². The molecule has 3 nitrogen and oxygen atoms in total. The van der Waals surface area contributed by atoms with E-state index in [4.69, 9.17) is 0 Å². The molecule has 0 aliphatic heterocycles. The first kappa shape index (κ1) is 15.2. The first-order valence-corrected chi connectivity index (χ1v) is 7.43. The van der Waals surface area contributed by atoms with Crippen molar-refractivity contribution in [2.45, 2.75) is 40.0 Å². The zero-order valence-electron chi connectivity index (χ0n) is 12.8. The van der Waals surface area contributed by atoms with Gasteiger partial charge in [0.05, 0.1) is 0 Å². The van der Waals surface area contributed by atoms with Crippen LogP contribution >= 0.6 is 0 Å². The molecule has 2 rings (SSSR count). The quantitative estimate of drug-likeness (QED) is 0.740. The molecule has 3 N–H and O–H groups in total. The molecule has 0 saturated heterocycles. The van der Waals surface area contributed by atoms with Gasteiger partial charge in [-0.25, -0.2) is 0 Å². The summed E-state index contributed by atoms with van der Waals surface area (Å²) in [6.07, 6.45) is 1.95. The molecule has 0 aromatic heterocycles. The Morgan fingerprint density at radius 2 is 1.24 bits per heavy atom. The summed E-state index contributed by atoms with van der Waals surface area (Å²) in [7, 11) is 0. The summed E-state index contributed by atoms with van der Waals surface area (Å²) in [6.45, 7) is 5.91. The third-order valence-electron chi connectivity index (χ3n) is 4.00. The third-order valence-corrected chi connectivity index (χ3v) is 4.00. The molecule has 3 heteroatoms. The van der Waals surface area contributed by atoms with Crippen molar-refractivity contribution in [3.05, 3.63) is 41.0 Å². The van der Waals surface area contributed by atoms with Crippen LogP contribution in [0, 0.1) is 0 Å². The van der Waals surface area contributed by atoms with Crippen LogP contribution in [0.3, 0.4) is 0 Å². The van der Waals surface area contributed by atoms with Crippen molar-refractivity contribution in [2.75, 3.05) is 0 Å². The van der Waals surface area contributed by atoms with E-state index in [0.29, 0.717) is 24.0 Å². The molecule has 112 valence electrons. The highest BCUT2D eigenvalue weighted by molar-refractivity contribution is 5.81. The molecule has 0 saturated carbocycles. The van der Waals surface area contributed by atoms with Crippen molar-refractivity contribution in [2.24, 2.45) is 0 Å². The fourth-order valence-corrected chi connectivity index (χ4v) is 3.01. The largest absolute Gasteiger partial charge is 0.507 e. The normalized spacial score (nSPS) is 10.8. The maximum atomic E-state index is 10.3. The molecule has 2 aromatic carbocycles. The van der Waals surface area contributed by atoms with Crippen molar-refractivity contribution in [3.63, 3.8) is 0 Å². The monoisotopic (exact) mass is 286 g/mol. The van der Waals surface area contributed by atoms with E-state index in [1.54, 1.807) is 12.1 Å². The SMILES string of the molecule is CCc1c(O)c(O)c(CC)c(-c2ccccc2O)c1CC. The number of phenolic OH excluding ortho intramolecular Hbond substituents is 3. The van der Waals surface area contributed by atoms with Gasteiger partial charge in [0.1, 0.15) is 5.75 Å². The molecule has 0 unspecified atom stereocenters. The Bertz CT molecular complexity index is 660. The summed E-state index contributed by atoms with van der Waals surface area (Å²) < 4.78 is 0. The maximum Gasteiger partial charge on any atom is 0.161 e. The Morgan fingerprint density at radius 3 is 1.76 bits per heavy atom. The van der Waals surface area contributed by atoms with Gasteiger partial charge in [0.2, 0.25) is 0 Å². The van der Waals surface area contributed by atoms with Gasteiger partial charge in [-0.2, -0.15) is 0 Å². The Kier molecular flexibility index (Phi) is 4.41. The van der Waals surface area contributed by atoms with Crippen molar-refractivity contribution >= 4 is 0 Å². The van der Waals surface area contributed by atoms with Crippen LogP contribution in [-0.4, -0.2) is 15.3 Å². The van der Waals surface area contributed by atoms with Gasteiger partial charge in [-0.15, -0.1) is 0 Å². The zero-order valence-corrected chi connectivity index (χ0v) is 12.8. The molecule has 0 atom stereocenters. The smallest absolute Gasteiger partial charge is 0.161 e. The van der Waals surface area contributed by atoms with Crippen LogP contribution < -0.4 is 0 Å². The lowest BCUT2D eigenvalue weighted by Gasteiger charge is -2.21. The van der Waals surface area contributed by atoms with Gasteiger partial charge < -0.3 is 15.3 Å². The second-order valence-electron chi connectivity index (χ2n) is 5.09. The van der Waals surface area contributed by atoms with E-state index in [2.05, 4.69) is 0 Å². The first-order chi connectivity index (χ1) is 10.1. The van der Waals surface area contributed by atoms with E-state index in [1.165, 1.54) is 0 Å². The molecule has 0 radical (unpaired) electrons. The van der Waals surface area contributed by atoms with Crippen LogP contribution in [0.5, 0.6) is 17.2 Å². The van der Waals surface area contributed by atoms with Crippen molar-refractivity contribution in [1.82, 2.24) is 0 Å². The number of hydrogen-bond donors (Lipinski definition) is 3. The minimum absolute atomic E-state index is 0.0228. The Morgan fingerprint density at radius 1 is 0.714 bits per heavy atom. The highest BCUT2D eigenvalue weighted by atomic mass is 16.3. The van der Waals surface area contributed by atoms with E-state index in [9.17, 15) is 15.3 Å². The molecule has 2 aromatic rings. The molecule has 0 heterocycles. The Hall–Kier alpha value is -2.16. The third kappa shape index (κ3) is 2.44. The van der Waals surface area contributed by atoms with Crippen LogP contribution in [0.4, 0.5) is 0 Å². The van der Waals surface area contributed by atoms with Crippen molar-refractivity contribution < 1.29 is 15.3 Å². The number of phenols is 3. The lowest BCUT2D eigenvalue weighted by molar-refractivity contribution is 0.395. The molecule has 0 spiro atoms. The lowest BCUT2D eigenvalue weighted by Crippen LogP contribution is -2.01. The van der Waals surface area contributed by atoms with Gasteiger partial charge in [0.25, 0.3) is 0 Å². The van der Waals surface area contributed by atoms with Gasteiger partial charge in [0.15, 0.2) is 11.5 Å². The van der Waals surface area contributed by atoms with Gasteiger partial charge in [-0.3, -0.25) is 0 Å². The Labute approximate surface area is 125 Å². The van der Waals surface area contributed by atoms with Crippen LogP contribution in [0.1, 0.15) is 37.5 Å². The van der Waals surface area contributed by atoms with Crippen LogP contribution in [0.15, 0.2) is 24.3 Å². The van der Waals surface area contributed by atoms with Crippen LogP contribution in [-0.2, 0) is 19.3 Å². The highest BCUT2D eigenvalue weighted by Gasteiger charge is 2.22. The number of benzene rings is 2. The highest BCUT2D eigenvalue weighted by Crippen LogP contribution is 2.45. The lowest BCUT2D eigenvalue weighted by atomic mass is 9.86. The second-order valence-corrected chi connectivity index (χ2v) is 5.09. The summed E-state index contributed by atoms with van der Waals surface area (Å²) in [5.41, 5.74) is 3.99. The molecular formula is C18H22O3. The van der Waals surface area contributed by atoms with E-state index in [0.717, 1.165) is 23.1 Å².